The fraction of sp³-hybridized carbons (Fsp3) is 0.600. The van der Waals surface area contributed by atoms with Crippen LogP contribution in [0.3, 0.4) is 0 Å². The summed E-state index contributed by atoms with van der Waals surface area (Å²) in [6.45, 7) is 0.985. The van der Waals surface area contributed by atoms with Gasteiger partial charge < -0.3 is 9.47 Å². The van der Waals surface area contributed by atoms with Gasteiger partial charge >= 0.3 is 11.9 Å². The number of carbonyl (C=O) groups excluding carboxylic acids is 2. The summed E-state index contributed by atoms with van der Waals surface area (Å²) < 4.78 is 9.24. The first-order valence-corrected chi connectivity index (χ1v) is 4.69. The van der Waals surface area contributed by atoms with Gasteiger partial charge in [0.2, 0.25) is 6.79 Å². The van der Waals surface area contributed by atoms with Crippen LogP contribution in [-0.4, -0.2) is 18.7 Å². The van der Waals surface area contributed by atoms with Gasteiger partial charge in [-0.3, -0.25) is 4.79 Å². The molecule has 0 aliphatic heterocycles. The lowest BCUT2D eigenvalue weighted by atomic mass is 10.00. The van der Waals surface area contributed by atoms with Crippen molar-refractivity contribution >= 4 is 11.9 Å². The maximum atomic E-state index is 11.3. The molecule has 0 N–H and O–H groups in total. The van der Waals surface area contributed by atoms with E-state index >= 15 is 0 Å². The van der Waals surface area contributed by atoms with Crippen molar-refractivity contribution in [1.29, 1.82) is 0 Å². The molecule has 14 heavy (non-hydrogen) atoms. The van der Waals surface area contributed by atoms with Gasteiger partial charge in [0, 0.05) is 12.5 Å². The van der Waals surface area contributed by atoms with Crippen LogP contribution in [0.25, 0.3) is 0 Å². The summed E-state index contributed by atoms with van der Waals surface area (Å²) in [4.78, 5) is 21.7. The van der Waals surface area contributed by atoms with Crippen molar-refractivity contribution in [2.45, 2.75) is 32.6 Å². The van der Waals surface area contributed by atoms with Gasteiger partial charge in [0.1, 0.15) is 0 Å². The average molecular weight is 198 g/mol. The van der Waals surface area contributed by atoms with Crippen LogP contribution in [-0.2, 0) is 19.1 Å². The van der Waals surface area contributed by atoms with Gasteiger partial charge in [0.15, 0.2) is 0 Å². The average Bonchev–Trinajstić information content (AvgIpc) is 2.18. The Morgan fingerprint density at radius 1 is 1.36 bits per heavy atom. The van der Waals surface area contributed by atoms with Crippen LogP contribution in [0.15, 0.2) is 11.6 Å². The molecule has 0 fully saturated rings. The van der Waals surface area contributed by atoms with Crippen molar-refractivity contribution in [1.82, 2.24) is 0 Å². The Kier molecular flexibility index (Phi) is 4.16. The highest BCUT2D eigenvalue weighted by Crippen LogP contribution is 2.18. The molecule has 0 aromatic carbocycles. The van der Waals surface area contributed by atoms with E-state index in [4.69, 9.17) is 4.74 Å². The molecule has 0 bridgehead atoms. The summed E-state index contributed by atoms with van der Waals surface area (Å²) >= 11 is 0. The first-order valence-electron chi connectivity index (χ1n) is 4.69. The van der Waals surface area contributed by atoms with Gasteiger partial charge in [-0.25, -0.2) is 4.79 Å². The third kappa shape index (κ3) is 3.60. The quantitative estimate of drug-likeness (QED) is 0.510. The van der Waals surface area contributed by atoms with Crippen LogP contribution in [0.5, 0.6) is 0 Å². The predicted octanol–water partition coefficient (Wildman–Crippen LogP) is 1.55. The van der Waals surface area contributed by atoms with Crippen molar-refractivity contribution in [2.24, 2.45) is 0 Å². The molecular formula is C10H14O4. The maximum Gasteiger partial charge on any atom is 0.336 e. The molecule has 1 rings (SSSR count). The molecule has 0 saturated heterocycles. The molecule has 0 radical (unpaired) electrons. The molecule has 4 nitrogen and oxygen atoms in total. The molecule has 0 aromatic heterocycles. The molecule has 0 unspecified atom stereocenters. The Labute approximate surface area is 82.9 Å². The Bertz CT molecular complexity index is 255. The van der Waals surface area contributed by atoms with Gasteiger partial charge in [-0.15, -0.1) is 0 Å². The van der Waals surface area contributed by atoms with E-state index in [9.17, 15) is 9.59 Å². The van der Waals surface area contributed by atoms with E-state index in [-0.39, 0.29) is 12.8 Å². The van der Waals surface area contributed by atoms with Gasteiger partial charge in [-0.05, 0) is 25.7 Å². The summed E-state index contributed by atoms with van der Waals surface area (Å²) in [6.07, 6.45) is 5.73. The third-order valence-corrected chi connectivity index (χ3v) is 2.01. The fourth-order valence-corrected chi connectivity index (χ4v) is 1.28. The molecule has 0 atom stereocenters. The minimum Gasteiger partial charge on any atom is -0.428 e. The van der Waals surface area contributed by atoms with Gasteiger partial charge in [-0.1, -0.05) is 6.08 Å². The van der Waals surface area contributed by atoms with Crippen molar-refractivity contribution in [2.75, 3.05) is 6.79 Å². The van der Waals surface area contributed by atoms with Crippen LogP contribution in [0.4, 0.5) is 0 Å². The zero-order valence-electron chi connectivity index (χ0n) is 8.25. The lowest BCUT2D eigenvalue weighted by molar-refractivity contribution is -0.163. The Balaban J connectivity index is 2.27. The monoisotopic (exact) mass is 198 g/mol. The highest BCUT2D eigenvalue weighted by molar-refractivity contribution is 5.88. The Morgan fingerprint density at radius 2 is 2.14 bits per heavy atom. The van der Waals surface area contributed by atoms with Crippen molar-refractivity contribution in [3.05, 3.63) is 11.6 Å². The zero-order valence-corrected chi connectivity index (χ0v) is 8.25. The second-order valence-electron chi connectivity index (χ2n) is 3.16. The van der Waals surface area contributed by atoms with Crippen LogP contribution < -0.4 is 0 Å². The first-order chi connectivity index (χ1) is 6.70. The van der Waals surface area contributed by atoms with Crippen molar-refractivity contribution in [3.63, 3.8) is 0 Å². The van der Waals surface area contributed by atoms with Crippen molar-refractivity contribution < 1.29 is 19.1 Å². The van der Waals surface area contributed by atoms with Gasteiger partial charge in [0.25, 0.3) is 0 Å². The standard InChI is InChI=1S/C10H14O4/c1-8(11)13-7-14-10(12)9-5-3-2-4-6-9/h5H,2-4,6-7H2,1H3. The number of hydrogen-bond acceptors (Lipinski definition) is 4. The minimum absolute atomic E-state index is 0.286. The third-order valence-electron chi connectivity index (χ3n) is 2.01. The normalized spacial score (nSPS) is 15.6. The molecule has 78 valence electrons. The van der Waals surface area contributed by atoms with E-state index in [1.165, 1.54) is 6.92 Å². The summed E-state index contributed by atoms with van der Waals surface area (Å²) in [5.74, 6) is -0.818. The summed E-state index contributed by atoms with van der Waals surface area (Å²) in [6, 6.07) is 0. The molecule has 0 saturated carbocycles. The van der Waals surface area contributed by atoms with E-state index in [1.54, 1.807) is 0 Å². The van der Waals surface area contributed by atoms with E-state index < -0.39 is 5.97 Å². The summed E-state index contributed by atoms with van der Waals surface area (Å²) in [5, 5.41) is 0. The molecular weight excluding hydrogens is 184 g/mol. The fourth-order valence-electron chi connectivity index (χ4n) is 1.28. The number of esters is 2. The Hall–Kier alpha value is -1.32. The maximum absolute atomic E-state index is 11.3. The number of ether oxygens (including phenoxy) is 2. The lowest BCUT2D eigenvalue weighted by Gasteiger charge is -2.11. The number of carbonyl (C=O) groups is 2. The summed E-state index contributed by atoms with van der Waals surface area (Å²) in [5.41, 5.74) is 0.698. The van der Waals surface area contributed by atoms with Crippen molar-refractivity contribution in [3.8, 4) is 0 Å². The highest BCUT2D eigenvalue weighted by Gasteiger charge is 2.13. The van der Waals surface area contributed by atoms with Crippen LogP contribution in [0, 0.1) is 0 Å². The second-order valence-corrected chi connectivity index (χ2v) is 3.16. The van der Waals surface area contributed by atoms with E-state index in [1.807, 2.05) is 6.08 Å². The molecule has 0 spiro atoms. The number of hydrogen-bond donors (Lipinski definition) is 0. The molecule has 0 amide bonds. The number of allylic oxidation sites excluding steroid dienone is 1. The van der Waals surface area contributed by atoms with E-state index in [2.05, 4.69) is 4.74 Å². The largest absolute Gasteiger partial charge is 0.428 e. The SMILES string of the molecule is CC(=O)OCOC(=O)C1=CCCCC1. The molecule has 1 aliphatic rings. The van der Waals surface area contributed by atoms with Crippen LogP contribution in [0.1, 0.15) is 32.6 Å². The smallest absolute Gasteiger partial charge is 0.336 e. The zero-order chi connectivity index (χ0) is 10.4. The molecule has 0 aromatic rings. The molecule has 1 aliphatic carbocycles. The van der Waals surface area contributed by atoms with Crippen LogP contribution >= 0.6 is 0 Å². The minimum atomic E-state index is -0.449. The van der Waals surface area contributed by atoms with Crippen LogP contribution in [0.2, 0.25) is 0 Å². The predicted molar refractivity (Wildman–Crippen MR) is 49.3 cm³/mol. The topological polar surface area (TPSA) is 52.6 Å². The first kappa shape index (κ1) is 10.8. The summed E-state index contributed by atoms with van der Waals surface area (Å²) in [7, 11) is 0. The highest BCUT2D eigenvalue weighted by atomic mass is 16.7. The van der Waals surface area contributed by atoms with E-state index in [0.717, 1.165) is 25.7 Å². The second kappa shape index (κ2) is 5.42. The lowest BCUT2D eigenvalue weighted by Crippen LogP contribution is -2.13. The van der Waals surface area contributed by atoms with E-state index in [0.29, 0.717) is 5.57 Å². The Morgan fingerprint density at radius 3 is 2.71 bits per heavy atom. The number of rotatable bonds is 3. The van der Waals surface area contributed by atoms with Gasteiger partial charge in [-0.2, -0.15) is 0 Å². The molecule has 4 heteroatoms. The molecule has 0 heterocycles. The van der Waals surface area contributed by atoms with Gasteiger partial charge in [0.05, 0.1) is 0 Å².